The first kappa shape index (κ1) is 19.9. The number of hydrogen-bond donors (Lipinski definition) is 1. The van der Waals surface area contributed by atoms with Crippen LogP contribution in [0.3, 0.4) is 0 Å². The Bertz CT molecular complexity index is 925. The summed E-state index contributed by atoms with van der Waals surface area (Å²) in [5, 5.41) is 2.77. The number of hydroxylamine groups is 1. The van der Waals surface area contributed by atoms with Crippen LogP contribution in [0.5, 0.6) is 5.75 Å². The van der Waals surface area contributed by atoms with Crippen LogP contribution in [0.2, 0.25) is 0 Å². The van der Waals surface area contributed by atoms with Gasteiger partial charge in [0.25, 0.3) is 15.9 Å². The summed E-state index contributed by atoms with van der Waals surface area (Å²) in [6.45, 7) is 3.93. The molecule has 2 aromatic carbocycles. The third-order valence-electron chi connectivity index (χ3n) is 4.06. The highest BCUT2D eigenvalue weighted by molar-refractivity contribution is 7.89. The number of nitrogens with zero attached hydrogens (tertiary/aromatic N) is 1. The number of sulfonamides is 1. The number of carbonyl (C=O) groups is 1. The first-order chi connectivity index (χ1) is 12.2. The van der Waals surface area contributed by atoms with E-state index in [1.54, 1.807) is 6.07 Å². The Morgan fingerprint density at radius 3 is 2.31 bits per heavy atom. The molecule has 0 aliphatic heterocycles. The number of rotatable bonds is 6. The third kappa shape index (κ3) is 4.04. The van der Waals surface area contributed by atoms with E-state index in [2.05, 4.69) is 5.32 Å². The smallest absolute Gasteiger partial charge is 0.268 e. The van der Waals surface area contributed by atoms with Crippen LogP contribution in [-0.2, 0) is 14.9 Å². The minimum absolute atomic E-state index is 0.122. The van der Waals surface area contributed by atoms with E-state index in [4.69, 9.17) is 9.57 Å². The van der Waals surface area contributed by atoms with Crippen LogP contribution in [0.25, 0.3) is 0 Å². The summed E-state index contributed by atoms with van der Waals surface area (Å²) in [5.74, 6) is -0.302. The Kier molecular flexibility index (Phi) is 6.01. The highest BCUT2D eigenvalue weighted by Gasteiger charge is 2.26. The third-order valence-corrected chi connectivity index (χ3v) is 5.76. The fourth-order valence-electron chi connectivity index (χ4n) is 2.28. The molecule has 0 unspecified atom stereocenters. The van der Waals surface area contributed by atoms with E-state index >= 15 is 0 Å². The molecule has 1 amide bonds. The molecule has 0 radical (unpaired) electrons. The van der Waals surface area contributed by atoms with Crippen LogP contribution in [0.1, 0.15) is 21.5 Å². The van der Waals surface area contributed by atoms with E-state index in [9.17, 15) is 13.2 Å². The topological polar surface area (TPSA) is 84.9 Å². The fraction of sp³-hybridized carbons (Fsp3) is 0.278. The number of carbonyl (C=O) groups excluding carboxylic acids is 1. The van der Waals surface area contributed by atoms with Crippen LogP contribution in [-0.4, -0.2) is 40.1 Å². The monoisotopic (exact) mass is 378 g/mol. The molecule has 1 N–H and O–H groups in total. The van der Waals surface area contributed by atoms with E-state index in [1.807, 2.05) is 26.0 Å². The van der Waals surface area contributed by atoms with Gasteiger partial charge in [-0.25, -0.2) is 8.42 Å². The van der Waals surface area contributed by atoms with Gasteiger partial charge in [-0.15, -0.1) is 0 Å². The summed E-state index contributed by atoms with van der Waals surface area (Å²) in [4.78, 5) is 17.2. The van der Waals surface area contributed by atoms with Gasteiger partial charge < -0.3 is 10.1 Å². The van der Waals surface area contributed by atoms with Crippen molar-refractivity contribution in [2.75, 3.05) is 26.6 Å². The normalized spacial score (nSPS) is 11.5. The maximum atomic E-state index is 12.5. The number of aryl methyl sites for hydroxylation is 2. The summed E-state index contributed by atoms with van der Waals surface area (Å²) in [6, 6.07) is 9.75. The highest BCUT2D eigenvalue weighted by atomic mass is 32.2. The Labute approximate surface area is 153 Å². The quantitative estimate of drug-likeness (QED) is 0.781. The molecule has 0 saturated carbocycles. The van der Waals surface area contributed by atoms with Gasteiger partial charge in [0.15, 0.2) is 0 Å². The summed E-state index contributed by atoms with van der Waals surface area (Å²) in [5.41, 5.74) is 2.98. The van der Waals surface area contributed by atoms with E-state index in [1.165, 1.54) is 39.5 Å². The summed E-state index contributed by atoms with van der Waals surface area (Å²) in [7, 11) is -0.113. The van der Waals surface area contributed by atoms with E-state index in [-0.39, 0.29) is 16.2 Å². The maximum Gasteiger partial charge on any atom is 0.268 e. The van der Waals surface area contributed by atoms with Crippen LogP contribution >= 0.6 is 0 Å². The van der Waals surface area contributed by atoms with Crippen LogP contribution < -0.4 is 10.1 Å². The second-order valence-corrected chi connectivity index (χ2v) is 7.62. The van der Waals surface area contributed by atoms with E-state index in [0.717, 1.165) is 11.1 Å². The summed E-state index contributed by atoms with van der Waals surface area (Å²) >= 11 is 0. The summed E-state index contributed by atoms with van der Waals surface area (Å²) < 4.78 is 30.9. The number of amides is 1. The van der Waals surface area contributed by atoms with Crippen molar-refractivity contribution in [1.29, 1.82) is 0 Å². The molecule has 0 aliphatic rings. The zero-order valence-corrected chi connectivity index (χ0v) is 16.2. The van der Waals surface area contributed by atoms with Gasteiger partial charge in [-0.3, -0.25) is 9.63 Å². The zero-order chi connectivity index (χ0) is 19.5. The number of ether oxygens (including phenoxy) is 1. The standard InChI is InChI=1S/C18H22N2O5S/c1-12-6-8-15(10-13(12)2)19-18(21)14-7-9-16(24-4)17(11-14)26(22,23)20(3)25-5/h6-11H,1-5H3,(H,19,21). The van der Waals surface area contributed by atoms with E-state index < -0.39 is 15.9 Å². The Morgan fingerprint density at radius 1 is 1.04 bits per heavy atom. The lowest BCUT2D eigenvalue weighted by atomic mass is 10.1. The molecule has 2 rings (SSSR count). The van der Waals surface area contributed by atoms with Gasteiger partial charge >= 0.3 is 0 Å². The van der Waals surface area contributed by atoms with Gasteiger partial charge in [0.1, 0.15) is 10.6 Å². The first-order valence-electron chi connectivity index (χ1n) is 7.80. The average Bonchev–Trinajstić information content (AvgIpc) is 2.63. The van der Waals surface area contributed by atoms with Gasteiger partial charge in [0, 0.05) is 18.3 Å². The van der Waals surface area contributed by atoms with Crippen LogP contribution in [0.15, 0.2) is 41.3 Å². The molecule has 8 heteroatoms. The Morgan fingerprint density at radius 2 is 1.73 bits per heavy atom. The number of anilines is 1. The predicted octanol–water partition coefficient (Wildman–Crippen LogP) is 2.75. The molecule has 140 valence electrons. The van der Waals surface area contributed by atoms with Crippen molar-refractivity contribution in [1.82, 2.24) is 4.47 Å². The molecule has 0 aliphatic carbocycles. The van der Waals surface area contributed by atoms with E-state index in [0.29, 0.717) is 10.2 Å². The molecule has 0 spiro atoms. The van der Waals surface area contributed by atoms with Crippen LogP contribution in [0.4, 0.5) is 5.69 Å². The van der Waals surface area contributed by atoms with Gasteiger partial charge in [-0.1, -0.05) is 10.5 Å². The van der Waals surface area contributed by atoms with Crippen molar-refractivity contribution in [2.24, 2.45) is 0 Å². The number of hydrogen-bond acceptors (Lipinski definition) is 5. The van der Waals surface area contributed by atoms with Gasteiger partial charge in [0.2, 0.25) is 0 Å². The highest BCUT2D eigenvalue weighted by Crippen LogP contribution is 2.28. The molecule has 7 nitrogen and oxygen atoms in total. The zero-order valence-electron chi connectivity index (χ0n) is 15.4. The molecule has 0 heterocycles. The van der Waals surface area contributed by atoms with Crippen molar-refractivity contribution in [2.45, 2.75) is 18.7 Å². The molecule has 2 aromatic rings. The molecule has 0 fully saturated rings. The number of benzene rings is 2. The van der Waals surface area contributed by atoms with Crippen molar-refractivity contribution >= 4 is 21.6 Å². The van der Waals surface area contributed by atoms with Crippen molar-refractivity contribution < 1.29 is 22.8 Å². The number of methoxy groups -OCH3 is 1. The predicted molar refractivity (Wildman–Crippen MR) is 98.8 cm³/mol. The van der Waals surface area contributed by atoms with Crippen molar-refractivity contribution in [3.8, 4) is 5.75 Å². The fourth-order valence-corrected chi connectivity index (χ4v) is 3.43. The lowest BCUT2D eigenvalue weighted by Gasteiger charge is -2.17. The lowest BCUT2D eigenvalue weighted by molar-refractivity contribution is -0.0259. The van der Waals surface area contributed by atoms with Gasteiger partial charge in [-0.2, -0.15) is 0 Å². The Hall–Kier alpha value is -2.42. The maximum absolute atomic E-state index is 12.5. The Balaban J connectivity index is 2.39. The van der Waals surface area contributed by atoms with Gasteiger partial charge in [0.05, 0.1) is 14.2 Å². The molecular weight excluding hydrogens is 356 g/mol. The van der Waals surface area contributed by atoms with Crippen LogP contribution in [0, 0.1) is 13.8 Å². The largest absolute Gasteiger partial charge is 0.495 e. The average molecular weight is 378 g/mol. The van der Waals surface area contributed by atoms with Crippen molar-refractivity contribution in [3.63, 3.8) is 0 Å². The molecular formula is C18H22N2O5S. The molecule has 0 aromatic heterocycles. The molecule has 0 saturated heterocycles. The minimum Gasteiger partial charge on any atom is -0.495 e. The number of nitrogens with one attached hydrogen (secondary N) is 1. The minimum atomic E-state index is -3.97. The van der Waals surface area contributed by atoms with Crippen molar-refractivity contribution in [3.05, 3.63) is 53.1 Å². The second-order valence-electron chi connectivity index (χ2n) is 5.72. The second kappa shape index (κ2) is 7.86. The summed E-state index contributed by atoms with van der Waals surface area (Å²) in [6.07, 6.45) is 0. The van der Waals surface area contributed by atoms with Gasteiger partial charge in [-0.05, 0) is 55.3 Å². The first-order valence-corrected chi connectivity index (χ1v) is 9.24. The molecule has 26 heavy (non-hydrogen) atoms. The molecule has 0 bridgehead atoms. The SMILES string of the molecule is COc1ccc(C(=O)Nc2ccc(C)c(C)c2)cc1S(=O)(=O)N(C)OC. The lowest BCUT2D eigenvalue weighted by Crippen LogP contribution is -2.26. The molecule has 0 atom stereocenters.